The first kappa shape index (κ1) is 8.76. The molecule has 4 rings (SSSR count). The van der Waals surface area contributed by atoms with Gasteiger partial charge in [-0.2, -0.15) is 0 Å². The third kappa shape index (κ3) is 0.990. The molecular formula is C13H15N3. The summed E-state index contributed by atoms with van der Waals surface area (Å²) in [7, 11) is 0. The number of aryl methyl sites for hydroxylation is 1. The van der Waals surface area contributed by atoms with Crippen LogP contribution in [0.3, 0.4) is 0 Å². The highest BCUT2D eigenvalue weighted by Crippen LogP contribution is 2.53. The van der Waals surface area contributed by atoms with Crippen molar-refractivity contribution in [3.8, 4) is 0 Å². The predicted molar refractivity (Wildman–Crippen MR) is 63.4 cm³/mol. The molecule has 0 amide bonds. The molecule has 0 bridgehead atoms. The number of hydrogen-bond acceptors (Lipinski definition) is 2. The Bertz CT molecular complexity index is 547. The van der Waals surface area contributed by atoms with Gasteiger partial charge < -0.3 is 9.88 Å². The van der Waals surface area contributed by atoms with Gasteiger partial charge in [0.25, 0.3) is 0 Å². The zero-order valence-electron chi connectivity index (χ0n) is 9.35. The van der Waals surface area contributed by atoms with E-state index in [0.29, 0.717) is 6.04 Å². The zero-order valence-corrected chi connectivity index (χ0v) is 9.35. The van der Waals surface area contributed by atoms with Crippen molar-refractivity contribution in [3.63, 3.8) is 0 Å². The van der Waals surface area contributed by atoms with Gasteiger partial charge in [0.1, 0.15) is 5.82 Å². The molecular weight excluding hydrogens is 198 g/mol. The minimum Gasteiger partial charge on any atom is -0.324 e. The van der Waals surface area contributed by atoms with Crippen molar-refractivity contribution in [2.24, 2.45) is 11.8 Å². The van der Waals surface area contributed by atoms with Gasteiger partial charge in [-0.15, -0.1) is 0 Å². The minimum atomic E-state index is 0.702. The largest absolute Gasteiger partial charge is 0.324 e. The molecule has 2 heterocycles. The molecule has 2 aliphatic rings. The van der Waals surface area contributed by atoms with Gasteiger partial charge in [-0.3, -0.25) is 0 Å². The Kier molecular flexibility index (Phi) is 1.56. The Hall–Kier alpha value is -1.35. The molecule has 0 unspecified atom stereocenters. The summed E-state index contributed by atoms with van der Waals surface area (Å²) in [5, 5.41) is 3.45. The minimum absolute atomic E-state index is 0.702. The Morgan fingerprint density at radius 2 is 2.00 bits per heavy atom. The molecule has 1 aromatic heterocycles. The van der Waals surface area contributed by atoms with E-state index in [1.54, 1.807) is 0 Å². The number of benzene rings is 1. The average molecular weight is 213 g/mol. The summed E-state index contributed by atoms with van der Waals surface area (Å²) in [5.74, 6) is 2.85. The lowest BCUT2D eigenvalue weighted by Gasteiger charge is -2.09. The lowest BCUT2D eigenvalue weighted by Crippen LogP contribution is -2.17. The Labute approximate surface area is 94.5 Å². The van der Waals surface area contributed by atoms with E-state index in [4.69, 9.17) is 0 Å². The van der Waals surface area contributed by atoms with Gasteiger partial charge in [-0.05, 0) is 30.9 Å². The molecule has 0 spiro atoms. The molecule has 3 heteroatoms. The van der Waals surface area contributed by atoms with Crippen molar-refractivity contribution in [1.29, 1.82) is 0 Å². The van der Waals surface area contributed by atoms with Crippen molar-refractivity contribution in [1.82, 2.24) is 14.9 Å². The fourth-order valence-corrected chi connectivity index (χ4v) is 3.31. The second-order valence-corrected chi connectivity index (χ2v) is 4.99. The Morgan fingerprint density at radius 1 is 1.25 bits per heavy atom. The van der Waals surface area contributed by atoms with Crippen LogP contribution in [0.25, 0.3) is 11.0 Å². The van der Waals surface area contributed by atoms with E-state index in [9.17, 15) is 0 Å². The molecule has 1 aromatic carbocycles. The van der Waals surface area contributed by atoms with Gasteiger partial charge in [-0.25, -0.2) is 4.98 Å². The summed E-state index contributed by atoms with van der Waals surface area (Å²) >= 11 is 0. The summed E-state index contributed by atoms with van der Waals surface area (Å²) in [5.41, 5.74) is 2.44. The molecule has 1 aliphatic carbocycles. The van der Waals surface area contributed by atoms with Crippen LogP contribution in [0.2, 0.25) is 0 Å². The van der Waals surface area contributed by atoms with Gasteiger partial charge in [0.05, 0.1) is 11.0 Å². The van der Waals surface area contributed by atoms with E-state index in [1.165, 1.54) is 24.4 Å². The van der Waals surface area contributed by atoms with Crippen LogP contribution in [0.4, 0.5) is 0 Å². The highest BCUT2D eigenvalue weighted by molar-refractivity contribution is 5.76. The first-order valence-corrected chi connectivity index (χ1v) is 6.00. The van der Waals surface area contributed by atoms with E-state index in [1.807, 2.05) is 0 Å². The Balaban J connectivity index is 1.88. The smallest absolute Gasteiger partial charge is 0.107 e. The summed E-state index contributed by atoms with van der Waals surface area (Å²) in [4.78, 5) is 4.64. The maximum atomic E-state index is 4.64. The zero-order chi connectivity index (χ0) is 10.7. The van der Waals surface area contributed by atoms with Gasteiger partial charge in [-0.1, -0.05) is 12.1 Å². The topological polar surface area (TPSA) is 29.9 Å². The van der Waals surface area contributed by atoms with Gasteiger partial charge in [0.15, 0.2) is 0 Å². The van der Waals surface area contributed by atoms with Crippen molar-refractivity contribution < 1.29 is 0 Å². The molecule has 1 saturated carbocycles. The van der Waals surface area contributed by atoms with Crippen LogP contribution >= 0.6 is 0 Å². The van der Waals surface area contributed by atoms with Crippen molar-refractivity contribution >= 4 is 11.0 Å². The SMILES string of the molecule is Cc1nc2ccccc2n1[C@H]1[C@@H]2CNC[C@@H]21. The van der Waals surface area contributed by atoms with Crippen LogP contribution in [0.15, 0.2) is 24.3 Å². The second-order valence-electron chi connectivity index (χ2n) is 4.99. The van der Waals surface area contributed by atoms with Crippen LogP contribution in [0, 0.1) is 18.8 Å². The maximum absolute atomic E-state index is 4.64. The fourth-order valence-electron chi connectivity index (χ4n) is 3.31. The predicted octanol–water partition coefficient (Wildman–Crippen LogP) is 1.74. The molecule has 1 aliphatic heterocycles. The van der Waals surface area contributed by atoms with Crippen molar-refractivity contribution in [2.45, 2.75) is 13.0 Å². The number of rotatable bonds is 1. The molecule has 1 N–H and O–H groups in total. The van der Waals surface area contributed by atoms with E-state index < -0.39 is 0 Å². The van der Waals surface area contributed by atoms with Gasteiger partial charge in [0.2, 0.25) is 0 Å². The Morgan fingerprint density at radius 3 is 2.81 bits per heavy atom. The highest BCUT2D eigenvalue weighted by Gasteiger charge is 2.54. The van der Waals surface area contributed by atoms with Crippen molar-refractivity contribution in [2.75, 3.05) is 13.1 Å². The first-order valence-electron chi connectivity index (χ1n) is 6.00. The first-order chi connectivity index (χ1) is 7.86. The third-order valence-corrected chi connectivity index (χ3v) is 4.12. The van der Waals surface area contributed by atoms with Crippen LogP contribution in [0.5, 0.6) is 0 Å². The molecule has 3 nitrogen and oxygen atoms in total. The van der Waals surface area contributed by atoms with Gasteiger partial charge >= 0.3 is 0 Å². The molecule has 16 heavy (non-hydrogen) atoms. The lowest BCUT2D eigenvalue weighted by atomic mass is 10.3. The van der Waals surface area contributed by atoms with E-state index >= 15 is 0 Å². The van der Waals surface area contributed by atoms with Gasteiger partial charge in [0, 0.05) is 19.1 Å². The number of aromatic nitrogens is 2. The number of imidazole rings is 1. The standard InChI is InChI=1S/C13H15N3/c1-8-15-11-4-2-3-5-12(11)16(8)13-9-6-14-7-10(9)13/h2-5,9-10,13-14H,6-7H2,1H3/t9-,10+,13+. The summed E-state index contributed by atoms with van der Waals surface area (Å²) in [6.45, 7) is 4.49. The average Bonchev–Trinajstić information content (AvgIpc) is 2.69. The van der Waals surface area contributed by atoms with E-state index in [2.05, 4.69) is 46.1 Å². The number of para-hydroxylation sites is 2. The number of nitrogens with one attached hydrogen (secondary N) is 1. The summed E-state index contributed by atoms with van der Waals surface area (Å²) in [6, 6.07) is 9.17. The van der Waals surface area contributed by atoms with E-state index in [-0.39, 0.29) is 0 Å². The normalized spacial score (nSPS) is 31.9. The van der Waals surface area contributed by atoms with E-state index in [0.717, 1.165) is 17.4 Å². The molecule has 2 aromatic rings. The fraction of sp³-hybridized carbons (Fsp3) is 0.462. The van der Waals surface area contributed by atoms with Crippen LogP contribution < -0.4 is 5.32 Å². The summed E-state index contributed by atoms with van der Waals surface area (Å²) < 4.78 is 2.45. The molecule has 0 radical (unpaired) electrons. The number of hydrogen-bond donors (Lipinski definition) is 1. The second kappa shape index (κ2) is 2.86. The molecule has 3 atom stereocenters. The third-order valence-electron chi connectivity index (χ3n) is 4.12. The number of piperidine rings is 1. The number of nitrogens with zero attached hydrogens (tertiary/aromatic N) is 2. The van der Waals surface area contributed by atoms with Crippen molar-refractivity contribution in [3.05, 3.63) is 30.1 Å². The molecule has 82 valence electrons. The van der Waals surface area contributed by atoms with Crippen LogP contribution in [0.1, 0.15) is 11.9 Å². The molecule has 2 fully saturated rings. The lowest BCUT2D eigenvalue weighted by molar-refractivity contribution is 0.570. The maximum Gasteiger partial charge on any atom is 0.107 e. The van der Waals surface area contributed by atoms with Crippen LogP contribution in [-0.2, 0) is 0 Å². The quantitative estimate of drug-likeness (QED) is 0.782. The highest BCUT2D eigenvalue weighted by atomic mass is 15.2. The number of fused-ring (bicyclic) bond motifs is 2. The van der Waals surface area contributed by atoms with Crippen LogP contribution in [-0.4, -0.2) is 22.6 Å². The molecule has 1 saturated heterocycles. The summed E-state index contributed by atoms with van der Waals surface area (Å²) in [6.07, 6.45) is 0. The monoisotopic (exact) mass is 213 g/mol.